The number of thiazole rings is 1. The molecular weight excluding hydrogens is 437 g/mol. The largest absolute Gasteiger partial charge is 0.464 e. The third-order valence-electron chi connectivity index (χ3n) is 4.44. The van der Waals surface area contributed by atoms with Crippen LogP contribution in [0, 0.1) is 0 Å². The number of aromatic nitrogens is 1. The quantitative estimate of drug-likeness (QED) is 0.680. The maximum atomic E-state index is 12.9. The maximum absolute atomic E-state index is 12.9. The highest BCUT2D eigenvalue weighted by Crippen LogP contribution is 2.25. The van der Waals surface area contributed by atoms with Gasteiger partial charge in [0.1, 0.15) is 11.7 Å². The molecule has 1 aromatic carbocycles. The van der Waals surface area contributed by atoms with E-state index >= 15 is 0 Å². The summed E-state index contributed by atoms with van der Waals surface area (Å²) in [5, 5.41) is 5.08. The summed E-state index contributed by atoms with van der Waals surface area (Å²) in [6.07, 6.45) is 2.23. The van der Waals surface area contributed by atoms with Crippen LogP contribution < -0.4 is 5.32 Å². The number of nitrogens with zero attached hydrogens (tertiary/aromatic N) is 2. The zero-order valence-corrected chi connectivity index (χ0v) is 17.9. The summed E-state index contributed by atoms with van der Waals surface area (Å²) >= 11 is 13.0. The lowest BCUT2D eigenvalue weighted by molar-refractivity contribution is -0.149. The molecule has 0 bridgehead atoms. The van der Waals surface area contributed by atoms with Crippen LogP contribution in [0.4, 0.5) is 5.13 Å². The Bertz CT molecular complexity index is 934. The molecular formula is C19H19Cl2N3O4S. The molecule has 1 aliphatic heterocycles. The Hall–Kier alpha value is -2.16. The van der Waals surface area contributed by atoms with Gasteiger partial charge in [-0.3, -0.25) is 14.9 Å². The summed E-state index contributed by atoms with van der Waals surface area (Å²) in [5.41, 5.74) is 0.418. The van der Waals surface area contributed by atoms with E-state index in [0.29, 0.717) is 18.0 Å². The summed E-state index contributed by atoms with van der Waals surface area (Å²) in [6, 6.07) is 3.94. The van der Waals surface area contributed by atoms with Gasteiger partial charge in [-0.25, -0.2) is 9.78 Å². The lowest BCUT2D eigenvalue weighted by Crippen LogP contribution is -2.48. The van der Waals surface area contributed by atoms with Gasteiger partial charge in [0.05, 0.1) is 17.2 Å². The van der Waals surface area contributed by atoms with Gasteiger partial charge < -0.3 is 9.64 Å². The SMILES string of the molecule is CCOC(=O)C1CCCCN1C(=O)c1csc(NC(=O)c2ccc(Cl)cc2Cl)n1. The molecule has 1 atom stereocenters. The smallest absolute Gasteiger partial charge is 0.328 e. The van der Waals surface area contributed by atoms with Crippen molar-refractivity contribution in [1.29, 1.82) is 0 Å². The maximum Gasteiger partial charge on any atom is 0.328 e. The van der Waals surface area contributed by atoms with E-state index in [-0.39, 0.29) is 33.9 Å². The fraction of sp³-hybridized carbons (Fsp3) is 0.368. The molecule has 0 spiro atoms. The van der Waals surface area contributed by atoms with E-state index in [1.165, 1.54) is 17.0 Å². The van der Waals surface area contributed by atoms with Gasteiger partial charge in [-0.05, 0) is 44.4 Å². The van der Waals surface area contributed by atoms with Crippen LogP contribution in [-0.2, 0) is 9.53 Å². The Morgan fingerprint density at radius 3 is 2.83 bits per heavy atom. The number of rotatable bonds is 5. The average Bonchev–Trinajstić information content (AvgIpc) is 3.16. The Balaban J connectivity index is 1.72. The third kappa shape index (κ3) is 5.07. The molecule has 2 aromatic rings. The van der Waals surface area contributed by atoms with E-state index in [4.69, 9.17) is 27.9 Å². The van der Waals surface area contributed by atoms with E-state index in [2.05, 4.69) is 10.3 Å². The fourth-order valence-corrected chi connectivity index (χ4v) is 4.25. The molecule has 1 aromatic heterocycles. The molecule has 2 amide bonds. The molecule has 154 valence electrons. The number of likely N-dealkylation sites (tertiary alicyclic amines) is 1. The van der Waals surface area contributed by atoms with Gasteiger partial charge in [-0.15, -0.1) is 11.3 Å². The van der Waals surface area contributed by atoms with Gasteiger partial charge in [0.15, 0.2) is 5.13 Å². The number of nitrogens with one attached hydrogen (secondary N) is 1. The zero-order valence-electron chi connectivity index (χ0n) is 15.6. The van der Waals surface area contributed by atoms with Crippen LogP contribution >= 0.6 is 34.5 Å². The van der Waals surface area contributed by atoms with E-state index in [1.54, 1.807) is 18.4 Å². The highest BCUT2D eigenvalue weighted by molar-refractivity contribution is 7.14. The summed E-state index contributed by atoms with van der Waals surface area (Å²) in [7, 11) is 0. The van der Waals surface area contributed by atoms with Crippen molar-refractivity contribution in [2.75, 3.05) is 18.5 Å². The summed E-state index contributed by atoms with van der Waals surface area (Å²) in [5.74, 6) is -1.21. The first-order chi connectivity index (χ1) is 13.9. The molecule has 1 N–H and O–H groups in total. The lowest BCUT2D eigenvalue weighted by Gasteiger charge is -2.33. The number of hydrogen-bond acceptors (Lipinski definition) is 6. The minimum atomic E-state index is -0.608. The molecule has 0 aliphatic carbocycles. The average molecular weight is 456 g/mol. The van der Waals surface area contributed by atoms with E-state index in [0.717, 1.165) is 24.2 Å². The van der Waals surface area contributed by atoms with Gasteiger partial charge in [-0.2, -0.15) is 0 Å². The molecule has 10 heteroatoms. The molecule has 1 fully saturated rings. The monoisotopic (exact) mass is 455 g/mol. The third-order valence-corrected chi connectivity index (χ3v) is 5.75. The van der Waals surface area contributed by atoms with Gasteiger partial charge >= 0.3 is 5.97 Å². The number of carbonyl (C=O) groups excluding carboxylic acids is 3. The van der Waals surface area contributed by atoms with Crippen molar-refractivity contribution >= 4 is 57.5 Å². The van der Waals surface area contributed by atoms with E-state index in [9.17, 15) is 14.4 Å². The predicted molar refractivity (Wildman–Crippen MR) is 112 cm³/mol. The van der Waals surface area contributed by atoms with Gasteiger partial charge in [0, 0.05) is 16.9 Å². The minimum Gasteiger partial charge on any atom is -0.464 e. The number of esters is 1. The second-order valence-corrected chi connectivity index (χ2v) is 8.08. The van der Waals surface area contributed by atoms with Crippen LogP contribution in [0.15, 0.2) is 23.6 Å². The Morgan fingerprint density at radius 1 is 1.31 bits per heavy atom. The Labute approximate surface area is 182 Å². The summed E-state index contributed by atoms with van der Waals surface area (Å²) < 4.78 is 5.09. The number of benzene rings is 1. The molecule has 1 unspecified atom stereocenters. The molecule has 0 saturated carbocycles. The molecule has 29 heavy (non-hydrogen) atoms. The second kappa shape index (κ2) is 9.56. The Morgan fingerprint density at radius 2 is 2.10 bits per heavy atom. The normalized spacial score (nSPS) is 16.4. The van der Waals surface area contributed by atoms with Crippen molar-refractivity contribution in [2.45, 2.75) is 32.2 Å². The number of anilines is 1. The number of halogens is 2. The molecule has 1 aliphatic rings. The number of amides is 2. The van der Waals surface area contributed by atoms with Crippen LogP contribution in [0.25, 0.3) is 0 Å². The number of hydrogen-bond donors (Lipinski definition) is 1. The number of piperidine rings is 1. The number of ether oxygens (including phenoxy) is 1. The first-order valence-electron chi connectivity index (χ1n) is 9.10. The first-order valence-corrected chi connectivity index (χ1v) is 10.7. The van der Waals surface area contributed by atoms with Crippen LogP contribution in [-0.4, -0.2) is 46.9 Å². The standard InChI is InChI=1S/C19H19Cl2N3O4S/c1-2-28-18(27)15-5-3-4-8-24(15)17(26)14-10-29-19(22-14)23-16(25)12-7-6-11(20)9-13(12)21/h6-7,9-10,15H,2-5,8H2,1H3,(H,22,23,25). The van der Waals surface area contributed by atoms with Crippen molar-refractivity contribution in [1.82, 2.24) is 9.88 Å². The van der Waals surface area contributed by atoms with Crippen molar-refractivity contribution in [3.05, 3.63) is 44.9 Å². The highest BCUT2D eigenvalue weighted by Gasteiger charge is 2.34. The molecule has 7 nitrogen and oxygen atoms in total. The highest BCUT2D eigenvalue weighted by atomic mass is 35.5. The second-order valence-electron chi connectivity index (χ2n) is 6.38. The van der Waals surface area contributed by atoms with Gasteiger partial charge in [0.2, 0.25) is 0 Å². The number of carbonyl (C=O) groups is 3. The van der Waals surface area contributed by atoms with Crippen molar-refractivity contribution < 1.29 is 19.1 Å². The summed E-state index contributed by atoms with van der Waals surface area (Å²) in [6.45, 7) is 2.45. The topological polar surface area (TPSA) is 88.6 Å². The fourth-order valence-electron chi connectivity index (χ4n) is 3.07. The van der Waals surface area contributed by atoms with Crippen molar-refractivity contribution in [3.63, 3.8) is 0 Å². The zero-order chi connectivity index (χ0) is 21.0. The van der Waals surface area contributed by atoms with Crippen LogP contribution in [0.3, 0.4) is 0 Å². The van der Waals surface area contributed by atoms with Crippen molar-refractivity contribution in [3.8, 4) is 0 Å². The Kier molecular flexibility index (Phi) is 7.10. The van der Waals surface area contributed by atoms with Gasteiger partial charge in [0.25, 0.3) is 11.8 Å². The van der Waals surface area contributed by atoms with Crippen LogP contribution in [0.5, 0.6) is 0 Å². The lowest BCUT2D eigenvalue weighted by atomic mass is 10.0. The first kappa shape index (κ1) is 21.5. The van der Waals surface area contributed by atoms with Crippen LogP contribution in [0.2, 0.25) is 10.0 Å². The van der Waals surface area contributed by atoms with E-state index in [1.807, 2.05) is 0 Å². The predicted octanol–water partition coefficient (Wildman–Crippen LogP) is 4.26. The molecule has 1 saturated heterocycles. The van der Waals surface area contributed by atoms with E-state index < -0.39 is 17.9 Å². The summed E-state index contributed by atoms with van der Waals surface area (Å²) in [4.78, 5) is 43.2. The molecule has 0 radical (unpaired) electrons. The molecule has 2 heterocycles. The molecule has 3 rings (SSSR count). The van der Waals surface area contributed by atoms with Crippen molar-refractivity contribution in [2.24, 2.45) is 0 Å². The van der Waals surface area contributed by atoms with Crippen LogP contribution in [0.1, 0.15) is 47.0 Å². The minimum absolute atomic E-state index is 0.170. The van der Waals surface area contributed by atoms with Gasteiger partial charge in [-0.1, -0.05) is 23.2 Å².